The van der Waals surface area contributed by atoms with E-state index in [4.69, 9.17) is 15.3 Å². The monoisotopic (exact) mass is 347 g/mol. The van der Waals surface area contributed by atoms with Gasteiger partial charge in [-0.25, -0.2) is 13.6 Å². The van der Waals surface area contributed by atoms with Gasteiger partial charge in [0.15, 0.2) is 5.76 Å². The highest BCUT2D eigenvalue weighted by atomic mass is 32.2. The maximum Gasteiger partial charge on any atom is 0.298 e. The van der Waals surface area contributed by atoms with Crippen molar-refractivity contribution in [1.29, 1.82) is 0 Å². The molecule has 24 heavy (non-hydrogen) atoms. The Morgan fingerprint density at radius 3 is 2.54 bits per heavy atom. The first kappa shape index (κ1) is 16.4. The molecule has 0 aliphatic carbocycles. The zero-order valence-corrected chi connectivity index (χ0v) is 13.8. The number of furan rings is 1. The molecular formula is C16H17N3O4S. The van der Waals surface area contributed by atoms with Gasteiger partial charge >= 0.3 is 0 Å². The molecule has 0 saturated carbocycles. The van der Waals surface area contributed by atoms with Crippen molar-refractivity contribution in [1.82, 2.24) is 4.57 Å². The summed E-state index contributed by atoms with van der Waals surface area (Å²) < 4.78 is 29.3. The van der Waals surface area contributed by atoms with Crippen molar-refractivity contribution in [2.75, 3.05) is 6.54 Å². The number of rotatable bonds is 4. The summed E-state index contributed by atoms with van der Waals surface area (Å²) in [6.45, 7) is 2.28. The van der Waals surface area contributed by atoms with Crippen molar-refractivity contribution < 1.29 is 17.6 Å². The Balaban J connectivity index is 2.17. The van der Waals surface area contributed by atoms with Crippen LogP contribution in [0.5, 0.6) is 0 Å². The SMILES string of the molecule is Cc1c(CCN)c2ccccc2n1C(=O)c1ccc(S(N)(=O)=O)o1. The largest absolute Gasteiger partial charge is 0.438 e. The van der Waals surface area contributed by atoms with Crippen LogP contribution >= 0.6 is 0 Å². The Kier molecular flexibility index (Phi) is 4.04. The highest BCUT2D eigenvalue weighted by molar-refractivity contribution is 7.89. The van der Waals surface area contributed by atoms with Crippen LogP contribution in [0.1, 0.15) is 21.8 Å². The third kappa shape index (κ3) is 2.64. The molecule has 0 aliphatic rings. The minimum absolute atomic E-state index is 0.0952. The molecule has 1 aromatic carbocycles. The zero-order chi connectivity index (χ0) is 17.5. The Bertz CT molecular complexity index is 1030. The fourth-order valence-corrected chi connectivity index (χ4v) is 3.32. The summed E-state index contributed by atoms with van der Waals surface area (Å²) in [5.41, 5.74) is 8.13. The van der Waals surface area contributed by atoms with E-state index in [9.17, 15) is 13.2 Å². The van der Waals surface area contributed by atoms with E-state index in [1.807, 2.05) is 31.2 Å². The predicted molar refractivity (Wildman–Crippen MR) is 89.2 cm³/mol. The second kappa shape index (κ2) is 5.90. The number of aromatic nitrogens is 1. The summed E-state index contributed by atoms with van der Waals surface area (Å²) in [7, 11) is -4.00. The number of benzene rings is 1. The summed E-state index contributed by atoms with van der Waals surface area (Å²) >= 11 is 0. The number of hydrogen-bond acceptors (Lipinski definition) is 5. The van der Waals surface area contributed by atoms with Crippen molar-refractivity contribution in [3.63, 3.8) is 0 Å². The number of nitrogens with zero attached hydrogens (tertiary/aromatic N) is 1. The third-order valence-electron chi connectivity index (χ3n) is 3.91. The summed E-state index contributed by atoms with van der Waals surface area (Å²) in [5.74, 6) is -0.552. The standard InChI is InChI=1S/C16H17N3O4S/c1-10-11(8-9-17)12-4-2-3-5-13(12)19(10)16(20)14-6-7-15(23-14)24(18,21)22/h2-7H,8-9,17H2,1H3,(H2,18,21,22). The second-order valence-corrected chi connectivity index (χ2v) is 6.92. The number of sulfonamides is 1. The average molecular weight is 347 g/mol. The summed E-state index contributed by atoms with van der Waals surface area (Å²) in [4.78, 5) is 12.8. The van der Waals surface area contributed by atoms with Gasteiger partial charge in [0, 0.05) is 11.1 Å². The van der Waals surface area contributed by atoms with Gasteiger partial charge in [-0.2, -0.15) is 0 Å². The molecule has 0 radical (unpaired) electrons. The molecule has 2 heterocycles. The minimum Gasteiger partial charge on any atom is -0.438 e. The Labute approximate surface area is 138 Å². The number of carbonyl (C=O) groups is 1. The molecule has 0 bridgehead atoms. The lowest BCUT2D eigenvalue weighted by molar-refractivity contribution is 0.0930. The van der Waals surface area contributed by atoms with Crippen LogP contribution in [0.15, 0.2) is 45.9 Å². The van der Waals surface area contributed by atoms with Crippen LogP contribution in [-0.4, -0.2) is 25.4 Å². The molecule has 3 aromatic rings. The summed E-state index contributed by atoms with van der Waals surface area (Å²) in [6, 6.07) is 9.94. The van der Waals surface area contributed by atoms with E-state index >= 15 is 0 Å². The molecule has 0 fully saturated rings. The van der Waals surface area contributed by atoms with Crippen molar-refractivity contribution >= 4 is 26.8 Å². The molecule has 3 rings (SSSR count). The Hall–Kier alpha value is -2.42. The summed E-state index contributed by atoms with van der Waals surface area (Å²) in [5, 5.41) is 5.51. The van der Waals surface area contributed by atoms with Gasteiger partial charge in [-0.1, -0.05) is 18.2 Å². The van der Waals surface area contributed by atoms with Crippen molar-refractivity contribution in [3.05, 3.63) is 53.4 Å². The van der Waals surface area contributed by atoms with Crippen LogP contribution < -0.4 is 10.9 Å². The lowest BCUT2D eigenvalue weighted by Gasteiger charge is -2.05. The maximum absolute atomic E-state index is 12.8. The topological polar surface area (TPSA) is 121 Å². The molecule has 0 atom stereocenters. The third-order valence-corrected chi connectivity index (χ3v) is 4.69. The Morgan fingerprint density at radius 2 is 1.92 bits per heavy atom. The van der Waals surface area contributed by atoms with Crippen LogP contribution in [-0.2, 0) is 16.4 Å². The molecule has 7 nitrogen and oxygen atoms in total. The van der Waals surface area contributed by atoms with Crippen molar-refractivity contribution in [2.45, 2.75) is 18.4 Å². The number of carbonyl (C=O) groups excluding carboxylic acids is 1. The molecule has 8 heteroatoms. The van der Waals surface area contributed by atoms with E-state index in [-0.39, 0.29) is 5.76 Å². The highest BCUT2D eigenvalue weighted by Crippen LogP contribution is 2.27. The van der Waals surface area contributed by atoms with Crippen LogP contribution in [0.2, 0.25) is 0 Å². The molecule has 0 aliphatic heterocycles. The smallest absolute Gasteiger partial charge is 0.298 e. The first-order valence-electron chi connectivity index (χ1n) is 7.31. The fourth-order valence-electron chi connectivity index (χ4n) is 2.85. The van der Waals surface area contributed by atoms with Gasteiger partial charge in [0.2, 0.25) is 5.09 Å². The van der Waals surface area contributed by atoms with Gasteiger partial charge < -0.3 is 10.2 Å². The van der Waals surface area contributed by atoms with Crippen LogP contribution in [0.4, 0.5) is 0 Å². The predicted octanol–water partition coefficient (Wildman–Crippen LogP) is 1.38. The van der Waals surface area contributed by atoms with Crippen LogP contribution in [0, 0.1) is 6.92 Å². The molecular weight excluding hydrogens is 330 g/mol. The minimum atomic E-state index is -4.00. The van der Waals surface area contributed by atoms with E-state index in [1.54, 1.807) is 0 Å². The highest BCUT2D eigenvalue weighted by Gasteiger charge is 2.23. The van der Waals surface area contributed by atoms with E-state index in [0.29, 0.717) is 13.0 Å². The van der Waals surface area contributed by atoms with E-state index in [1.165, 1.54) is 16.7 Å². The number of fused-ring (bicyclic) bond motifs is 1. The van der Waals surface area contributed by atoms with E-state index in [2.05, 4.69) is 0 Å². The molecule has 2 aromatic heterocycles. The van der Waals surface area contributed by atoms with E-state index < -0.39 is 21.0 Å². The first-order valence-corrected chi connectivity index (χ1v) is 8.85. The van der Waals surface area contributed by atoms with Gasteiger partial charge in [0.1, 0.15) is 0 Å². The number of para-hydroxylation sites is 1. The van der Waals surface area contributed by atoms with E-state index in [0.717, 1.165) is 22.2 Å². The molecule has 0 unspecified atom stereocenters. The van der Waals surface area contributed by atoms with Gasteiger partial charge in [0.25, 0.3) is 15.9 Å². The zero-order valence-electron chi connectivity index (χ0n) is 13.0. The summed E-state index contributed by atoms with van der Waals surface area (Å²) in [6.07, 6.45) is 0.632. The van der Waals surface area contributed by atoms with Crippen molar-refractivity contribution in [3.8, 4) is 0 Å². The number of hydrogen-bond donors (Lipinski definition) is 2. The van der Waals surface area contributed by atoms with Gasteiger partial charge in [-0.05, 0) is 43.7 Å². The van der Waals surface area contributed by atoms with Gasteiger partial charge in [-0.15, -0.1) is 0 Å². The molecule has 4 N–H and O–H groups in total. The molecule has 0 amide bonds. The second-order valence-electron chi connectivity index (χ2n) is 5.42. The average Bonchev–Trinajstić information content (AvgIpc) is 3.12. The molecule has 126 valence electrons. The molecule has 0 saturated heterocycles. The lowest BCUT2D eigenvalue weighted by atomic mass is 10.1. The quantitative estimate of drug-likeness (QED) is 0.738. The first-order chi connectivity index (χ1) is 11.3. The normalized spacial score (nSPS) is 12.0. The van der Waals surface area contributed by atoms with Crippen molar-refractivity contribution in [2.24, 2.45) is 10.9 Å². The van der Waals surface area contributed by atoms with Crippen LogP contribution in [0.25, 0.3) is 10.9 Å². The fraction of sp³-hybridized carbons (Fsp3) is 0.188. The lowest BCUT2D eigenvalue weighted by Crippen LogP contribution is -2.14. The Morgan fingerprint density at radius 1 is 1.21 bits per heavy atom. The van der Waals surface area contributed by atoms with Gasteiger partial charge in [-0.3, -0.25) is 9.36 Å². The van der Waals surface area contributed by atoms with Gasteiger partial charge in [0.05, 0.1) is 5.52 Å². The molecule has 0 spiro atoms. The van der Waals surface area contributed by atoms with Crippen LogP contribution in [0.3, 0.4) is 0 Å². The maximum atomic E-state index is 12.8. The number of primary sulfonamides is 1. The number of nitrogens with two attached hydrogens (primary N) is 2.